The van der Waals surface area contributed by atoms with Gasteiger partial charge in [-0.3, -0.25) is 0 Å². The number of hydrogen-bond acceptors (Lipinski definition) is 3. The lowest BCUT2D eigenvalue weighted by molar-refractivity contribution is 0.100. The Hall–Kier alpha value is -2.67. The zero-order chi connectivity index (χ0) is 17.8. The van der Waals surface area contributed by atoms with Crippen LogP contribution in [0.3, 0.4) is 0 Å². The predicted molar refractivity (Wildman–Crippen MR) is 88.6 cm³/mol. The van der Waals surface area contributed by atoms with Crippen LogP contribution in [0.15, 0.2) is 42.5 Å². The number of anilines is 1. The first-order valence-corrected chi connectivity index (χ1v) is 7.85. The van der Waals surface area contributed by atoms with Gasteiger partial charge in [0.15, 0.2) is 17.4 Å². The molecule has 1 aliphatic rings. The van der Waals surface area contributed by atoms with E-state index in [4.69, 9.17) is 4.74 Å². The number of rotatable bonds is 4. The quantitative estimate of drug-likeness (QED) is 0.887. The van der Waals surface area contributed by atoms with Crippen LogP contribution in [-0.4, -0.2) is 25.8 Å². The molecule has 2 aromatic rings. The topological polar surface area (TPSA) is 59.6 Å². The maximum atomic E-state index is 13.7. The Labute approximate surface area is 143 Å². The van der Waals surface area contributed by atoms with Crippen molar-refractivity contribution in [3.05, 3.63) is 59.7 Å². The van der Waals surface area contributed by atoms with Gasteiger partial charge in [-0.2, -0.15) is 0 Å². The van der Waals surface area contributed by atoms with Crippen molar-refractivity contribution in [2.24, 2.45) is 0 Å². The highest BCUT2D eigenvalue weighted by Gasteiger charge is 2.30. The van der Waals surface area contributed by atoms with Gasteiger partial charge in [-0.15, -0.1) is 0 Å². The first kappa shape index (κ1) is 17.2. The molecule has 0 spiro atoms. The van der Waals surface area contributed by atoms with E-state index >= 15 is 0 Å². The molecule has 2 N–H and O–H groups in total. The molecule has 0 saturated carbocycles. The maximum absolute atomic E-state index is 13.7. The third kappa shape index (κ3) is 3.88. The van der Waals surface area contributed by atoms with Crippen molar-refractivity contribution in [1.29, 1.82) is 0 Å². The van der Waals surface area contributed by atoms with Crippen molar-refractivity contribution in [2.45, 2.75) is 18.6 Å². The van der Waals surface area contributed by atoms with Crippen LogP contribution in [0.4, 0.5) is 19.3 Å². The van der Waals surface area contributed by atoms with Gasteiger partial charge in [0.1, 0.15) is 6.10 Å². The zero-order valence-corrected chi connectivity index (χ0v) is 13.6. The summed E-state index contributed by atoms with van der Waals surface area (Å²) in [6.45, 7) is 0.524. The van der Waals surface area contributed by atoms with E-state index in [2.05, 4.69) is 15.4 Å². The zero-order valence-electron chi connectivity index (χ0n) is 13.6. The van der Waals surface area contributed by atoms with Crippen LogP contribution in [0.1, 0.15) is 18.1 Å². The van der Waals surface area contributed by atoms with Crippen molar-refractivity contribution in [1.82, 2.24) is 5.32 Å². The molecular weight excluding hydrogens is 330 g/mol. The number of hydrogen-bond donors (Lipinski definition) is 2. The van der Waals surface area contributed by atoms with Crippen LogP contribution >= 0.6 is 0 Å². The van der Waals surface area contributed by atoms with Gasteiger partial charge >= 0.3 is 6.03 Å². The van der Waals surface area contributed by atoms with E-state index < -0.39 is 23.4 Å². The fraction of sp³-hybridized carbons (Fsp3) is 0.278. The molecule has 1 aliphatic heterocycles. The SMILES string of the molecule is COc1c(F)cc(NC(=O)N[C@H]2CCO[C@@H]2c2ccccc2)cc1F. The third-order valence-electron chi connectivity index (χ3n) is 4.00. The molecule has 132 valence electrons. The minimum Gasteiger partial charge on any atom is -0.491 e. The summed E-state index contributed by atoms with van der Waals surface area (Å²) < 4.78 is 37.7. The molecule has 2 atom stereocenters. The molecule has 0 aromatic heterocycles. The smallest absolute Gasteiger partial charge is 0.319 e. The largest absolute Gasteiger partial charge is 0.491 e. The van der Waals surface area contributed by atoms with E-state index in [1.54, 1.807) is 0 Å². The number of amides is 2. The summed E-state index contributed by atoms with van der Waals surface area (Å²) in [6.07, 6.45) is 0.398. The molecule has 25 heavy (non-hydrogen) atoms. The number of halogens is 2. The molecule has 0 aliphatic carbocycles. The van der Waals surface area contributed by atoms with E-state index in [0.717, 1.165) is 17.7 Å². The average molecular weight is 348 g/mol. The first-order valence-electron chi connectivity index (χ1n) is 7.85. The molecule has 2 amide bonds. The molecule has 0 bridgehead atoms. The highest BCUT2D eigenvalue weighted by Crippen LogP contribution is 2.29. The molecule has 0 unspecified atom stereocenters. The van der Waals surface area contributed by atoms with E-state index in [9.17, 15) is 13.6 Å². The molecule has 1 fully saturated rings. The fourth-order valence-electron chi connectivity index (χ4n) is 2.87. The minimum atomic E-state index is -0.885. The molecule has 1 saturated heterocycles. The lowest BCUT2D eigenvalue weighted by Gasteiger charge is -2.20. The van der Waals surface area contributed by atoms with E-state index in [0.29, 0.717) is 13.0 Å². The number of benzene rings is 2. The Morgan fingerprint density at radius 2 is 1.88 bits per heavy atom. The summed E-state index contributed by atoms with van der Waals surface area (Å²) in [4.78, 5) is 12.2. The van der Waals surface area contributed by atoms with Gasteiger partial charge in [-0.05, 0) is 12.0 Å². The van der Waals surface area contributed by atoms with Gasteiger partial charge in [-0.1, -0.05) is 30.3 Å². The van der Waals surface area contributed by atoms with Crippen molar-refractivity contribution in [3.63, 3.8) is 0 Å². The predicted octanol–water partition coefficient (Wildman–Crippen LogP) is 3.63. The van der Waals surface area contributed by atoms with Gasteiger partial charge in [-0.25, -0.2) is 13.6 Å². The Morgan fingerprint density at radius 3 is 2.52 bits per heavy atom. The maximum Gasteiger partial charge on any atom is 0.319 e. The Morgan fingerprint density at radius 1 is 1.20 bits per heavy atom. The lowest BCUT2D eigenvalue weighted by atomic mass is 10.0. The van der Waals surface area contributed by atoms with E-state index in [1.807, 2.05) is 30.3 Å². The lowest BCUT2D eigenvalue weighted by Crippen LogP contribution is -2.39. The van der Waals surface area contributed by atoms with Crippen LogP contribution in [0, 0.1) is 11.6 Å². The highest BCUT2D eigenvalue weighted by molar-refractivity contribution is 5.89. The van der Waals surface area contributed by atoms with Crippen LogP contribution in [0.25, 0.3) is 0 Å². The van der Waals surface area contributed by atoms with Crippen molar-refractivity contribution < 1.29 is 23.0 Å². The highest BCUT2D eigenvalue weighted by atomic mass is 19.1. The molecule has 2 aromatic carbocycles. The monoisotopic (exact) mass is 348 g/mol. The molecule has 1 heterocycles. The van der Waals surface area contributed by atoms with Crippen LogP contribution in [0.5, 0.6) is 5.75 Å². The summed E-state index contributed by atoms with van der Waals surface area (Å²) in [7, 11) is 1.17. The first-order chi connectivity index (χ1) is 12.1. The standard InChI is InChI=1S/C18H18F2N2O3/c1-24-17-13(19)9-12(10-14(17)20)21-18(23)22-15-7-8-25-16(15)11-5-3-2-4-6-11/h2-6,9-10,15-16H,7-8H2,1H3,(H2,21,22,23)/t15-,16+/m0/s1. The number of nitrogens with one attached hydrogen (secondary N) is 2. The van der Waals surface area contributed by atoms with Crippen molar-refractivity contribution in [3.8, 4) is 5.75 Å². The minimum absolute atomic E-state index is 0.00322. The second kappa shape index (κ2) is 7.48. The molecule has 7 heteroatoms. The molecule has 5 nitrogen and oxygen atoms in total. The van der Waals surface area contributed by atoms with E-state index in [-0.39, 0.29) is 17.8 Å². The second-order valence-corrected chi connectivity index (χ2v) is 5.67. The van der Waals surface area contributed by atoms with Gasteiger partial charge in [0, 0.05) is 24.4 Å². The number of methoxy groups -OCH3 is 1. The summed E-state index contributed by atoms with van der Waals surface area (Å²) in [6, 6.07) is 10.8. The molecule has 3 rings (SSSR count). The van der Waals surface area contributed by atoms with Gasteiger partial charge < -0.3 is 20.1 Å². The van der Waals surface area contributed by atoms with Crippen LogP contribution < -0.4 is 15.4 Å². The fourth-order valence-corrected chi connectivity index (χ4v) is 2.87. The van der Waals surface area contributed by atoms with Gasteiger partial charge in [0.2, 0.25) is 0 Å². The summed E-state index contributed by atoms with van der Waals surface area (Å²) in [5.74, 6) is -2.26. The van der Waals surface area contributed by atoms with Gasteiger partial charge in [0.25, 0.3) is 0 Å². The second-order valence-electron chi connectivity index (χ2n) is 5.67. The Kier molecular flexibility index (Phi) is 5.14. The Bertz CT molecular complexity index is 732. The number of carbonyl (C=O) groups is 1. The van der Waals surface area contributed by atoms with Crippen molar-refractivity contribution >= 4 is 11.7 Å². The Balaban J connectivity index is 1.66. The number of carbonyl (C=O) groups excluding carboxylic acids is 1. The summed E-state index contributed by atoms with van der Waals surface area (Å²) >= 11 is 0. The number of ether oxygens (including phenoxy) is 2. The van der Waals surface area contributed by atoms with Crippen LogP contribution in [0.2, 0.25) is 0 Å². The van der Waals surface area contributed by atoms with Gasteiger partial charge in [0.05, 0.1) is 13.2 Å². The third-order valence-corrected chi connectivity index (χ3v) is 4.00. The molecule has 0 radical (unpaired) electrons. The van der Waals surface area contributed by atoms with E-state index in [1.165, 1.54) is 7.11 Å². The number of urea groups is 1. The average Bonchev–Trinajstić information content (AvgIpc) is 3.03. The summed E-state index contributed by atoms with van der Waals surface area (Å²) in [5, 5.41) is 5.22. The summed E-state index contributed by atoms with van der Waals surface area (Å²) in [5.41, 5.74) is 0.968. The normalized spacial score (nSPS) is 19.5. The van der Waals surface area contributed by atoms with Crippen molar-refractivity contribution in [2.75, 3.05) is 19.0 Å². The molecular formula is C18H18F2N2O3. The van der Waals surface area contributed by atoms with Crippen LogP contribution in [-0.2, 0) is 4.74 Å².